The smallest absolute Gasteiger partial charge is 0.258 e. The van der Waals surface area contributed by atoms with Gasteiger partial charge < -0.3 is 10.0 Å². The number of carbonyl (C=O) groups is 1. The van der Waals surface area contributed by atoms with E-state index in [0.717, 1.165) is 17.6 Å². The van der Waals surface area contributed by atoms with Gasteiger partial charge in [0.05, 0.1) is 20.5 Å². The lowest BCUT2D eigenvalue weighted by atomic mass is 10.2. The molecule has 27 heavy (non-hydrogen) atoms. The molecule has 0 saturated carbocycles. The molecule has 2 aromatic carbocycles. The van der Waals surface area contributed by atoms with Crippen LogP contribution in [-0.2, 0) is 0 Å². The second-order valence-electron chi connectivity index (χ2n) is 5.29. The summed E-state index contributed by atoms with van der Waals surface area (Å²) >= 11 is 18.9. The van der Waals surface area contributed by atoms with E-state index < -0.39 is 11.7 Å². The number of rotatable bonds is 5. The summed E-state index contributed by atoms with van der Waals surface area (Å²) in [4.78, 5) is 16.5. The Morgan fingerprint density at radius 3 is 2.26 bits per heavy atom. The average molecular weight is 443 g/mol. The van der Waals surface area contributed by atoms with E-state index in [1.54, 1.807) is 24.3 Å². The highest BCUT2D eigenvalue weighted by Crippen LogP contribution is 2.29. The predicted octanol–water partition coefficient (Wildman–Crippen LogP) is 6.55. The van der Waals surface area contributed by atoms with Crippen molar-refractivity contribution in [2.45, 2.75) is 4.90 Å². The minimum Gasteiger partial charge on any atom is -0.326 e. The number of nitrogens with one attached hydrogen (secondary N) is 2. The number of hydrogen-bond acceptors (Lipinski definition) is 4. The summed E-state index contributed by atoms with van der Waals surface area (Å²) < 4.78 is 17.1. The van der Waals surface area contributed by atoms with Crippen LogP contribution in [0.4, 0.5) is 15.8 Å². The van der Waals surface area contributed by atoms with Crippen LogP contribution < -0.4 is 10.0 Å². The van der Waals surface area contributed by atoms with E-state index in [-0.39, 0.29) is 15.6 Å². The van der Waals surface area contributed by atoms with Crippen LogP contribution in [0, 0.1) is 5.82 Å². The molecule has 0 unspecified atom stereocenters. The van der Waals surface area contributed by atoms with Crippen molar-refractivity contribution in [2.75, 3.05) is 10.0 Å². The summed E-state index contributed by atoms with van der Waals surface area (Å²) in [7, 11) is 0. The van der Waals surface area contributed by atoms with Crippen molar-refractivity contribution in [1.29, 1.82) is 0 Å². The molecule has 0 atom stereocenters. The van der Waals surface area contributed by atoms with Crippen LogP contribution in [0.2, 0.25) is 15.1 Å². The van der Waals surface area contributed by atoms with Crippen LogP contribution in [0.5, 0.6) is 0 Å². The molecule has 1 aromatic heterocycles. The number of aromatic nitrogens is 1. The SMILES string of the molecule is O=C(Nc1ccc(F)c(SNc2ccc(Cl)cc2)c1)c1c(Cl)cncc1Cl. The van der Waals surface area contributed by atoms with Crippen LogP contribution in [0.15, 0.2) is 59.8 Å². The summed E-state index contributed by atoms with van der Waals surface area (Å²) in [6.45, 7) is 0. The van der Waals surface area contributed by atoms with E-state index in [4.69, 9.17) is 34.8 Å². The van der Waals surface area contributed by atoms with E-state index in [9.17, 15) is 9.18 Å². The van der Waals surface area contributed by atoms with Crippen molar-refractivity contribution in [3.63, 3.8) is 0 Å². The molecule has 1 amide bonds. The first-order valence-electron chi connectivity index (χ1n) is 7.52. The number of pyridine rings is 1. The Hall–Kier alpha value is -1.99. The zero-order chi connectivity index (χ0) is 19.4. The normalized spacial score (nSPS) is 10.5. The molecule has 0 bridgehead atoms. The van der Waals surface area contributed by atoms with Crippen molar-refractivity contribution in [3.05, 3.63) is 81.3 Å². The fourth-order valence-electron chi connectivity index (χ4n) is 2.11. The molecule has 0 saturated heterocycles. The predicted molar refractivity (Wildman–Crippen MR) is 110 cm³/mol. The van der Waals surface area contributed by atoms with Crippen molar-refractivity contribution >= 4 is 64.0 Å². The van der Waals surface area contributed by atoms with E-state index in [0.29, 0.717) is 15.6 Å². The number of amides is 1. The van der Waals surface area contributed by atoms with Crippen LogP contribution in [0.3, 0.4) is 0 Å². The molecule has 2 N–H and O–H groups in total. The van der Waals surface area contributed by atoms with E-state index >= 15 is 0 Å². The average Bonchev–Trinajstić information content (AvgIpc) is 2.63. The highest BCUT2D eigenvalue weighted by atomic mass is 35.5. The molecule has 3 rings (SSSR count). The zero-order valence-electron chi connectivity index (χ0n) is 13.5. The van der Waals surface area contributed by atoms with E-state index in [1.165, 1.54) is 30.6 Å². The molecular formula is C18H11Cl3FN3OS. The number of halogens is 4. The highest BCUT2D eigenvalue weighted by molar-refractivity contribution is 8.00. The third-order valence-electron chi connectivity index (χ3n) is 3.39. The molecule has 3 aromatic rings. The quantitative estimate of drug-likeness (QED) is 0.440. The molecule has 0 aliphatic carbocycles. The number of nitrogens with zero attached hydrogens (tertiary/aromatic N) is 1. The second-order valence-corrected chi connectivity index (χ2v) is 7.39. The molecule has 0 radical (unpaired) electrons. The molecule has 4 nitrogen and oxygen atoms in total. The Bertz CT molecular complexity index is 966. The van der Waals surface area contributed by atoms with Gasteiger partial charge in [0.1, 0.15) is 5.82 Å². The number of hydrogen-bond donors (Lipinski definition) is 2. The molecule has 9 heteroatoms. The van der Waals surface area contributed by atoms with Crippen molar-refractivity contribution in [1.82, 2.24) is 4.98 Å². The third-order valence-corrected chi connectivity index (χ3v) is 5.09. The van der Waals surface area contributed by atoms with E-state index in [1.807, 2.05) is 0 Å². The maximum atomic E-state index is 14.1. The molecule has 138 valence electrons. The van der Waals surface area contributed by atoms with Gasteiger partial charge in [-0.2, -0.15) is 0 Å². The maximum absolute atomic E-state index is 14.1. The Morgan fingerprint density at radius 2 is 1.59 bits per heavy atom. The second kappa shape index (κ2) is 8.80. The first kappa shape index (κ1) is 19.8. The zero-order valence-corrected chi connectivity index (χ0v) is 16.6. The summed E-state index contributed by atoms with van der Waals surface area (Å²) in [6.07, 6.45) is 2.65. The lowest BCUT2D eigenvalue weighted by Gasteiger charge is -2.11. The monoisotopic (exact) mass is 441 g/mol. The van der Waals surface area contributed by atoms with Crippen LogP contribution >= 0.6 is 46.8 Å². The summed E-state index contributed by atoms with van der Waals surface area (Å²) in [5.74, 6) is -0.944. The van der Waals surface area contributed by atoms with Crippen molar-refractivity contribution in [3.8, 4) is 0 Å². The van der Waals surface area contributed by atoms with Gasteiger partial charge in [-0.25, -0.2) is 4.39 Å². The molecule has 0 fully saturated rings. The van der Waals surface area contributed by atoms with Crippen molar-refractivity contribution < 1.29 is 9.18 Å². The first-order valence-corrected chi connectivity index (χ1v) is 9.47. The van der Waals surface area contributed by atoms with Gasteiger partial charge in [0.2, 0.25) is 0 Å². The van der Waals surface area contributed by atoms with Gasteiger partial charge in [0.25, 0.3) is 5.91 Å². The topological polar surface area (TPSA) is 54.0 Å². The minimum absolute atomic E-state index is 0.103. The standard InChI is InChI=1S/C18H11Cl3FN3OS/c19-10-1-3-11(4-2-10)25-27-16-7-12(5-6-15(16)22)24-18(26)17-13(20)8-23-9-14(17)21/h1-9,25H,(H,24,26). The summed E-state index contributed by atoms with van der Waals surface area (Å²) in [5, 5.41) is 3.51. The molecular weight excluding hydrogens is 432 g/mol. The number of carbonyl (C=O) groups excluding carboxylic acids is 1. The largest absolute Gasteiger partial charge is 0.326 e. The Labute approximate surface area is 174 Å². The van der Waals surface area contributed by atoms with Gasteiger partial charge in [-0.05, 0) is 54.4 Å². The molecule has 0 aliphatic rings. The minimum atomic E-state index is -0.513. The van der Waals surface area contributed by atoms with Gasteiger partial charge in [0.15, 0.2) is 0 Å². The highest BCUT2D eigenvalue weighted by Gasteiger charge is 2.16. The Morgan fingerprint density at radius 1 is 0.963 bits per heavy atom. The molecule has 0 spiro atoms. The fraction of sp³-hybridized carbons (Fsp3) is 0. The lowest BCUT2D eigenvalue weighted by molar-refractivity contribution is 0.102. The van der Waals surface area contributed by atoms with Crippen LogP contribution in [0.25, 0.3) is 0 Å². The summed E-state index contributed by atoms with van der Waals surface area (Å²) in [6, 6.07) is 11.2. The van der Waals surface area contributed by atoms with Gasteiger partial charge >= 0.3 is 0 Å². The van der Waals surface area contributed by atoms with E-state index in [2.05, 4.69) is 15.0 Å². The number of benzene rings is 2. The summed E-state index contributed by atoms with van der Waals surface area (Å²) in [5.41, 5.74) is 1.26. The van der Waals surface area contributed by atoms with Gasteiger partial charge in [-0.1, -0.05) is 34.8 Å². The Kier molecular flexibility index (Phi) is 6.44. The first-order chi connectivity index (χ1) is 12.9. The Balaban J connectivity index is 1.74. The number of anilines is 2. The van der Waals surface area contributed by atoms with Gasteiger partial charge in [-0.15, -0.1) is 0 Å². The van der Waals surface area contributed by atoms with Gasteiger partial charge in [0, 0.05) is 28.8 Å². The fourth-order valence-corrected chi connectivity index (χ4v) is 3.49. The lowest BCUT2D eigenvalue weighted by Crippen LogP contribution is -2.13. The van der Waals surface area contributed by atoms with Crippen molar-refractivity contribution in [2.24, 2.45) is 0 Å². The van der Waals surface area contributed by atoms with Gasteiger partial charge in [-0.3, -0.25) is 9.78 Å². The third kappa shape index (κ3) is 5.05. The molecule has 0 aliphatic heterocycles. The van der Waals surface area contributed by atoms with Crippen LogP contribution in [-0.4, -0.2) is 10.9 Å². The maximum Gasteiger partial charge on any atom is 0.258 e. The van der Waals surface area contributed by atoms with Crippen LogP contribution in [0.1, 0.15) is 10.4 Å². The molecule has 1 heterocycles.